The molecule has 0 aliphatic heterocycles. The normalized spacial score (nSPS) is 10.7. The molecule has 2 aromatic heterocycles. The second kappa shape index (κ2) is 3.92. The summed E-state index contributed by atoms with van der Waals surface area (Å²) < 4.78 is 1.40. The predicted molar refractivity (Wildman–Crippen MR) is 64.3 cm³/mol. The van der Waals surface area contributed by atoms with Gasteiger partial charge in [-0.05, 0) is 18.2 Å². The zero-order valence-corrected chi connectivity index (χ0v) is 9.20. The van der Waals surface area contributed by atoms with Gasteiger partial charge in [0.15, 0.2) is 0 Å². The zero-order valence-electron chi connectivity index (χ0n) is 9.20. The molecule has 0 fully saturated rings. The van der Waals surface area contributed by atoms with Crippen LogP contribution in [0.25, 0.3) is 11.0 Å². The third-order valence-corrected chi connectivity index (χ3v) is 2.57. The molecule has 0 aliphatic carbocycles. The summed E-state index contributed by atoms with van der Waals surface area (Å²) in [5, 5.41) is 5.94. The lowest BCUT2D eigenvalue weighted by Crippen LogP contribution is -2.16. The van der Waals surface area contributed by atoms with Crippen molar-refractivity contribution in [1.29, 1.82) is 0 Å². The average molecular weight is 240 g/mol. The van der Waals surface area contributed by atoms with Crippen LogP contribution in [0.2, 0.25) is 0 Å². The number of H-pyrrole nitrogens is 1. The number of carbonyl (C=O) groups excluding carboxylic acids is 1. The van der Waals surface area contributed by atoms with Gasteiger partial charge in [0.05, 0.1) is 11.0 Å². The van der Waals surface area contributed by atoms with Crippen molar-refractivity contribution in [3.8, 4) is 0 Å². The highest BCUT2D eigenvalue weighted by Gasteiger charge is 2.13. The van der Waals surface area contributed by atoms with Crippen LogP contribution in [-0.4, -0.2) is 25.7 Å². The first-order valence-electron chi connectivity index (χ1n) is 5.28. The number of nitrogens with zero attached hydrogens (tertiary/aromatic N) is 3. The van der Waals surface area contributed by atoms with Gasteiger partial charge >= 0.3 is 0 Å². The van der Waals surface area contributed by atoms with E-state index in [4.69, 9.17) is 0 Å². The standard InChI is InChI=1S/C12H8N4O2/c17-11-6-5-9(14-15-11)12(18)16-7-13-8-3-1-2-4-10(8)16/h1-7H,(H,15,17). The summed E-state index contributed by atoms with van der Waals surface area (Å²) in [6, 6.07) is 9.94. The first-order chi connectivity index (χ1) is 8.75. The molecule has 0 unspecified atom stereocenters. The van der Waals surface area contributed by atoms with E-state index in [0.29, 0.717) is 5.52 Å². The topological polar surface area (TPSA) is 80.6 Å². The molecule has 1 N–H and O–H groups in total. The number of imidazole rings is 1. The maximum Gasteiger partial charge on any atom is 0.284 e. The number of rotatable bonds is 1. The van der Waals surface area contributed by atoms with Crippen LogP contribution in [0, 0.1) is 0 Å². The largest absolute Gasteiger partial charge is 0.284 e. The smallest absolute Gasteiger partial charge is 0.268 e. The number of aromatic nitrogens is 4. The minimum absolute atomic E-state index is 0.165. The number of carbonyl (C=O) groups is 1. The lowest BCUT2D eigenvalue weighted by molar-refractivity contribution is 0.0958. The monoisotopic (exact) mass is 240 g/mol. The van der Waals surface area contributed by atoms with Gasteiger partial charge in [-0.15, -0.1) is 0 Å². The first-order valence-corrected chi connectivity index (χ1v) is 5.28. The molecule has 0 bridgehead atoms. The van der Waals surface area contributed by atoms with Crippen molar-refractivity contribution in [2.24, 2.45) is 0 Å². The number of fused-ring (bicyclic) bond motifs is 1. The van der Waals surface area contributed by atoms with Gasteiger partial charge in [-0.3, -0.25) is 14.2 Å². The number of hydrogen-bond acceptors (Lipinski definition) is 4. The highest BCUT2D eigenvalue weighted by atomic mass is 16.2. The molecule has 0 radical (unpaired) electrons. The van der Waals surface area contributed by atoms with E-state index in [0.717, 1.165) is 5.52 Å². The van der Waals surface area contributed by atoms with Crippen LogP contribution in [0.1, 0.15) is 10.5 Å². The minimum Gasteiger partial charge on any atom is -0.268 e. The summed E-state index contributed by atoms with van der Waals surface area (Å²) in [5.74, 6) is -0.333. The van der Waals surface area contributed by atoms with Crippen molar-refractivity contribution >= 4 is 16.9 Å². The Balaban J connectivity index is 2.12. The molecule has 6 heteroatoms. The van der Waals surface area contributed by atoms with Crippen LogP contribution in [0.4, 0.5) is 0 Å². The van der Waals surface area contributed by atoms with E-state index in [1.807, 2.05) is 18.2 Å². The van der Waals surface area contributed by atoms with Gasteiger partial charge in [0.25, 0.3) is 11.5 Å². The molecular formula is C12H8N4O2. The maximum absolute atomic E-state index is 12.2. The maximum atomic E-state index is 12.2. The van der Waals surface area contributed by atoms with Crippen LogP contribution in [0.5, 0.6) is 0 Å². The lowest BCUT2D eigenvalue weighted by Gasteiger charge is -2.01. The van der Waals surface area contributed by atoms with E-state index in [1.165, 1.54) is 23.0 Å². The molecule has 6 nitrogen and oxygen atoms in total. The average Bonchev–Trinajstić information content (AvgIpc) is 2.82. The molecule has 88 valence electrons. The number of benzene rings is 1. The van der Waals surface area contributed by atoms with E-state index in [-0.39, 0.29) is 17.2 Å². The van der Waals surface area contributed by atoms with Crippen molar-refractivity contribution in [2.45, 2.75) is 0 Å². The Labute approximate surface area is 101 Å². The Morgan fingerprint density at radius 2 is 2.00 bits per heavy atom. The third-order valence-electron chi connectivity index (χ3n) is 2.57. The van der Waals surface area contributed by atoms with E-state index in [9.17, 15) is 9.59 Å². The Morgan fingerprint density at radius 1 is 1.17 bits per heavy atom. The molecule has 0 spiro atoms. The van der Waals surface area contributed by atoms with Crippen molar-refractivity contribution in [2.75, 3.05) is 0 Å². The molecule has 0 aliphatic rings. The molecule has 0 saturated carbocycles. The third kappa shape index (κ3) is 1.60. The van der Waals surface area contributed by atoms with E-state index in [2.05, 4.69) is 15.2 Å². The van der Waals surface area contributed by atoms with Crippen molar-refractivity contribution in [3.05, 3.63) is 58.8 Å². The molecular weight excluding hydrogens is 232 g/mol. The van der Waals surface area contributed by atoms with Crippen LogP contribution in [0.15, 0.2) is 47.5 Å². The zero-order chi connectivity index (χ0) is 12.5. The van der Waals surface area contributed by atoms with Crippen molar-refractivity contribution in [1.82, 2.24) is 19.7 Å². The summed E-state index contributed by atoms with van der Waals surface area (Å²) in [7, 11) is 0. The first kappa shape index (κ1) is 10.4. The molecule has 18 heavy (non-hydrogen) atoms. The van der Waals surface area contributed by atoms with Crippen LogP contribution in [-0.2, 0) is 0 Å². The second-order valence-corrected chi connectivity index (χ2v) is 3.71. The van der Waals surface area contributed by atoms with Crippen LogP contribution in [0.3, 0.4) is 0 Å². The van der Waals surface area contributed by atoms with Gasteiger partial charge in [-0.1, -0.05) is 12.1 Å². The van der Waals surface area contributed by atoms with E-state index < -0.39 is 0 Å². The molecule has 0 saturated heterocycles. The highest BCUT2D eigenvalue weighted by molar-refractivity contribution is 5.99. The number of para-hydroxylation sites is 2. The lowest BCUT2D eigenvalue weighted by atomic mass is 10.3. The Bertz CT molecular complexity index is 767. The summed E-state index contributed by atoms with van der Waals surface area (Å²) in [6.45, 7) is 0. The van der Waals surface area contributed by atoms with E-state index >= 15 is 0 Å². The van der Waals surface area contributed by atoms with Crippen molar-refractivity contribution < 1.29 is 4.79 Å². The Hall–Kier alpha value is -2.76. The SMILES string of the molecule is O=C(c1ccc(=O)[nH]n1)n1cnc2ccccc21. The quantitative estimate of drug-likeness (QED) is 0.682. The number of aromatic amines is 1. The Kier molecular flexibility index (Phi) is 2.26. The predicted octanol–water partition coefficient (Wildman–Crippen LogP) is 0.808. The summed E-state index contributed by atoms with van der Waals surface area (Å²) in [6.07, 6.45) is 1.44. The molecule has 0 amide bonds. The van der Waals surface area contributed by atoms with Gasteiger partial charge < -0.3 is 0 Å². The van der Waals surface area contributed by atoms with Gasteiger partial charge in [0, 0.05) is 6.07 Å². The molecule has 3 aromatic rings. The molecule has 3 rings (SSSR count). The number of hydrogen-bond donors (Lipinski definition) is 1. The van der Waals surface area contributed by atoms with Gasteiger partial charge in [0.2, 0.25) is 0 Å². The van der Waals surface area contributed by atoms with Crippen molar-refractivity contribution in [3.63, 3.8) is 0 Å². The summed E-state index contributed by atoms with van der Waals surface area (Å²) in [5.41, 5.74) is 1.26. The summed E-state index contributed by atoms with van der Waals surface area (Å²) >= 11 is 0. The summed E-state index contributed by atoms with van der Waals surface area (Å²) in [4.78, 5) is 27.2. The Morgan fingerprint density at radius 3 is 2.78 bits per heavy atom. The van der Waals surface area contributed by atoms with Crippen LogP contribution < -0.4 is 5.56 Å². The second-order valence-electron chi connectivity index (χ2n) is 3.71. The highest BCUT2D eigenvalue weighted by Crippen LogP contribution is 2.12. The van der Waals surface area contributed by atoms with Crippen LogP contribution >= 0.6 is 0 Å². The fourth-order valence-corrected chi connectivity index (χ4v) is 1.71. The fourth-order valence-electron chi connectivity index (χ4n) is 1.71. The van der Waals surface area contributed by atoms with E-state index in [1.54, 1.807) is 6.07 Å². The molecule has 2 heterocycles. The van der Waals surface area contributed by atoms with Gasteiger partial charge in [-0.25, -0.2) is 10.1 Å². The minimum atomic E-state index is -0.345. The molecule has 0 atom stereocenters. The fraction of sp³-hybridized carbons (Fsp3) is 0. The number of nitrogens with one attached hydrogen (secondary N) is 1. The van der Waals surface area contributed by atoms with Gasteiger partial charge in [0.1, 0.15) is 12.0 Å². The molecule has 1 aromatic carbocycles. The van der Waals surface area contributed by atoms with Gasteiger partial charge in [-0.2, -0.15) is 5.10 Å².